The molecule has 17 heteroatoms. The van der Waals surface area contributed by atoms with Gasteiger partial charge in [-0.2, -0.15) is 13.2 Å². The van der Waals surface area contributed by atoms with Crippen molar-refractivity contribution in [3.63, 3.8) is 0 Å². The van der Waals surface area contributed by atoms with Gasteiger partial charge in [-0.3, -0.25) is 4.57 Å². The molecule has 5 heterocycles. The second-order valence-corrected chi connectivity index (χ2v) is 11.7. The first kappa shape index (κ1) is 29.8. The molecule has 2 aliphatic rings. The number of halogens is 4. The van der Waals surface area contributed by atoms with Crippen molar-refractivity contribution in [2.24, 2.45) is 0 Å². The monoisotopic (exact) mass is 661 g/mol. The Morgan fingerprint density at radius 2 is 1.84 bits per heavy atom. The van der Waals surface area contributed by atoms with Crippen LogP contribution in [0.3, 0.4) is 0 Å². The van der Waals surface area contributed by atoms with Crippen LogP contribution in [0.5, 0.6) is 5.19 Å². The van der Waals surface area contributed by atoms with Crippen molar-refractivity contribution in [2.45, 2.75) is 49.8 Å². The van der Waals surface area contributed by atoms with Gasteiger partial charge in [0.25, 0.3) is 5.19 Å². The van der Waals surface area contributed by atoms with Crippen molar-refractivity contribution >= 4 is 22.9 Å². The number of fused-ring (bicyclic) bond motifs is 1. The maximum Gasteiger partial charge on any atom is 0.418 e. The van der Waals surface area contributed by atoms with E-state index in [0.29, 0.717) is 11.4 Å². The molecular formula is C28H23ClF3N7O5S. The van der Waals surface area contributed by atoms with Gasteiger partial charge in [0.2, 0.25) is 0 Å². The molecule has 45 heavy (non-hydrogen) atoms. The van der Waals surface area contributed by atoms with Gasteiger partial charge in [-0.1, -0.05) is 58.5 Å². The van der Waals surface area contributed by atoms with Gasteiger partial charge in [-0.15, -0.1) is 15.3 Å². The lowest BCUT2D eigenvalue weighted by Crippen LogP contribution is -2.57. The number of aryl methyl sites for hydroxylation is 1. The molecule has 0 radical (unpaired) electrons. The number of hydrogen-bond acceptors (Lipinski definition) is 11. The number of thiazole rings is 1. The molecule has 0 amide bonds. The minimum absolute atomic E-state index is 0.0174. The lowest BCUT2D eigenvalue weighted by molar-refractivity contribution is -0.319. The Morgan fingerprint density at radius 1 is 1.04 bits per heavy atom. The average molecular weight is 662 g/mol. The highest BCUT2D eigenvalue weighted by atomic mass is 35.5. The highest BCUT2D eigenvalue weighted by Crippen LogP contribution is 2.45. The van der Waals surface area contributed by atoms with E-state index in [9.17, 15) is 23.4 Å². The Kier molecular flexibility index (Phi) is 7.58. The Bertz CT molecular complexity index is 1830. The van der Waals surface area contributed by atoms with Crippen LogP contribution in [-0.4, -0.2) is 69.9 Å². The van der Waals surface area contributed by atoms with Gasteiger partial charge in [-0.25, -0.2) is 9.67 Å². The number of alkyl halides is 3. The standard InChI is InChI=1S/C28H23ClF3N7O5S/c1-13-34-36-25(39(13)19-9-15(29)7-8-16(19)28(30,31)32)24-22(40)21(38-10-17(35-37-38)18-12-45-27(41)33-18)23-20(43-24)11-42-26(44-23)14-5-3-2-4-6-14/h2-10,12,20-24,26,40H,11H2,1H3,(H,33,41)/t20?,21?,22?,23-,24+,26?/m0/s1. The van der Waals surface area contributed by atoms with E-state index in [1.807, 2.05) is 30.3 Å². The van der Waals surface area contributed by atoms with Gasteiger partial charge in [0.05, 0.1) is 24.1 Å². The summed E-state index contributed by atoms with van der Waals surface area (Å²) in [7, 11) is 0. The van der Waals surface area contributed by atoms with Crippen LogP contribution < -0.4 is 0 Å². The number of aromatic hydroxyl groups is 1. The Morgan fingerprint density at radius 3 is 2.58 bits per heavy atom. The van der Waals surface area contributed by atoms with E-state index in [4.69, 9.17) is 25.8 Å². The van der Waals surface area contributed by atoms with E-state index in [2.05, 4.69) is 25.5 Å². The van der Waals surface area contributed by atoms with Gasteiger partial charge >= 0.3 is 6.18 Å². The van der Waals surface area contributed by atoms with E-state index in [1.54, 1.807) is 5.38 Å². The molecule has 0 bridgehead atoms. The van der Waals surface area contributed by atoms with Gasteiger partial charge in [0.15, 0.2) is 12.1 Å². The molecule has 0 saturated carbocycles. The summed E-state index contributed by atoms with van der Waals surface area (Å²) < 4.78 is 63.6. The third-order valence-corrected chi connectivity index (χ3v) is 8.51. The number of benzene rings is 2. The fourth-order valence-electron chi connectivity index (χ4n) is 5.62. The number of aliphatic hydroxyl groups is 1. The molecule has 0 spiro atoms. The number of hydrogen-bond donors (Lipinski definition) is 2. The normalized spacial score (nSPS) is 25.3. The van der Waals surface area contributed by atoms with Crippen LogP contribution in [0.2, 0.25) is 5.02 Å². The molecule has 2 fully saturated rings. The van der Waals surface area contributed by atoms with E-state index >= 15 is 0 Å². The minimum Gasteiger partial charge on any atom is -0.486 e. The van der Waals surface area contributed by atoms with Crippen LogP contribution in [0.1, 0.15) is 41.2 Å². The second kappa shape index (κ2) is 11.5. The second-order valence-electron chi connectivity index (χ2n) is 10.5. The van der Waals surface area contributed by atoms with Crippen molar-refractivity contribution in [3.05, 3.63) is 87.9 Å². The van der Waals surface area contributed by atoms with Crippen molar-refractivity contribution in [3.8, 4) is 22.3 Å². The summed E-state index contributed by atoms with van der Waals surface area (Å²) in [5, 5.41) is 39.8. The third kappa shape index (κ3) is 5.47. The summed E-state index contributed by atoms with van der Waals surface area (Å²) in [6.45, 7) is 1.50. The Balaban J connectivity index is 1.31. The molecule has 2 saturated heterocycles. The van der Waals surface area contributed by atoms with Crippen LogP contribution in [0.25, 0.3) is 17.1 Å². The first-order valence-electron chi connectivity index (χ1n) is 13.6. The maximum atomic E-state index is 14.1. The predicted molar refractivity (Wildman–Crippen MR) is 152 cm³/mol. The highest BCUT2D eigenvalue weighted by Gasteiger charge is 2.53. The van der Waals surface area contributed by atoms with Gasteiger partial charge in [0, 0.05) is 16.0 Å². The smallest absolute Gasteiger partial charge is 0.418 e. The highest BCUT2D eigenvalue weighted by molar-refractivity contribution is 7.11. The lowest BCUT2D eigenvalue weighted by atomic mass is 9.91. The molecule has 3 aromatic heterocycles. The zero-order valence-corrected chi connectivity index (χ0v) is 24.7. The quantitative estimate of drug-likeness (QED) is 0.269. The average Bonchev–Trinajstić information content (AvgIpc) is 3.76. The molecule has 2 aliphatic heterocycles. The number of nitrogens with zero attached hydrogens (tertiary/aromatic N) is 7. The summed E-state index contributed by atoms with van der Waals surface area (Å²) in [6.07, 6.45) is -8.44. The van der Waals surface area contributed by atoms with Crippen LogP contribution in [0.15, 0.2) is 60.1 Å². The van der Waals surface area contributed by atoms with Gasteiger partial charge in [-0.05, 0) is 25.1 Å². The first-order chi connectivity index (χ1) is 21.6. The SMILES string of the molecule is Cc1nnc([C@@H]2OC3COC(c4ccccc4)O[C@@H]3C(n3cc(-c4csc(O)n4)nn3)C2O)n1-c1cc(Cl)ccc1C(F)(F)F. The van der Waals surface area contributed by atoms with E-state index in [0.717, 1.165) is 35.1 Å². The fourth-order valence-corrected chi connectivity index (χ4v) is 6.33. The van der Waals surface area contributed by atoms with Crippen molar-refractivity contribution < 1.29 is 37.6 Å². The van der Waals surface area contributed by atoms with Crippen molar-refractivity contribution in [1.29, 1.82) is 0 Å². The minimum atomic E-state index is -4.73. The topological polar surface area (TPSA) is 142 Å². The van der Waals surface area contributed by atoms with E-state index in [-0.39, 0.29) is 34.2 Å². The number of aliphatic hydroxyl groups excluding tert-OH is 1. The van der Waals surface area contributed by atoms with E-state index in [1.165, 1.54) is 22.4 Å². The maximum absolute atomic E-state index is 14.1. The summed E-state index contributed by atoms with van der Waals surface area (Å²) >= 11 is 7.16. The van der Waals surface area contributed by atoms with Crippen molar-refractivity contribution in [1.82, 2.24) is 34.7 Å². The number of rotatable bonds is 5. The van der Waals surface area contributed by atoms with Crippen LogP contribution in [-0.2, 0) is 20.4 Å². The summed E-state index contributed by atoms with van der Waals surface area (Å²) in [6, 6.07) is 11.4. The summed E-state index contributed by atoms with van der Waals surface area (Å²) in [5.74, 6) is 0.0186. The van der Waals surface area contributed by atoms with Crippen molar-refractivity contribution in [2.75, 3.05) is 6.61 Å². The molecule has 2 N–H and O–H groups in total. The number of aromatic nitrogens is 7. The number of ether oxygens (including phenoxy) is 3. The predicted octanol–water partition coefficient (Wildman–Crippen LogP) is 4.82. The van der Waals surface area contributed by atoms with Crippen LogP contribution in [0.4, 0.5) is 13.2 Å². The van der Waals surface area contributed by atoms with E-state index < -0.39 is 48.5 Å². The molecular weight excluding hydrogens is 639 g/mol. The molecule has 5 aromatic rings. The summed E-state index contributed by atoms with van der Waals surface area (Å²) in [4.78, 5) is 4.03. The van der Waals surface area contributed by atoms with Gasteiger partial charge < -0.3 is 24.4 Å². The Labute approximate surface area is 261 Å². The fraction of sp³-hybridized carbons (Fsp3) is 0.321. The van der Waals surface area contributed by atoms with Gasteiger partial charge in [0.1, 0.15) is 47.7 Å². The lowest BCUT2D eigenvalue weighted by Gasteiger charge is -2.47. The molecule has 6 atom stereocenters. The Hall–Kier alpha value is -3.93. The molecule has 4 unspecified atom stereocenters. The zero-order chi connectivity index (χ0) is 31.5. The largest absolute Gasteiger partial charge is 0.486 e. The molecule has 2 aromatic carbocycles. The van der Waals surface area contributed by atoms with Crippen LogP contribution >= 0.6 is 22.9 Å². The molecule has 0 aliphatic carbocycles. The zero-order valence-electron chi connectivity index (χ0n) is 23.1. The molecule has 7 rings (SSSR count). The summed E-state index contributed by atoms with van der Waals surface area (Å²) in [5.41, 5.74) is 0.119. The third-order valence-electron chi connectivity index (χ3n) is 7.63. The molecule has 234 valence electrons. The molecule has 12 nitrogen and oxygen atoms in total. The first-order valence-corrected chi connectivity index (χ1v) is 14.9. The van der Waals surface area contributed by atoms with Crippen LogP contribution in [0, 0.1) is 6.92 Å².